The van der Waals surface area contributed by atoms with Crippen LogP contribution in [0.15, 0.2) is 72.8 Å². The number of aliphatic hydroxyl groups is 1. The lowest BCUT2D eigenvalue weighted by Gasteiger charge is -2.41. The summed E-state index contributed by atoms with van der Waals surface area (Å²) in [5.41, 5.74) is 1.95. The van der Waals surface area contributed by atoms with Crippen molar-refractivity contribution in [2.24, 2.45) is 0 Å². The molecule has 0 aliphatic carbocycles. The fourth-order valence-electron chi connectivity index (χ4n) is 3.44. The fourth-order valence-corrected chi connectivity index (χ4v) is 5.09. The highest BCUT2D eigenvalue weighted by Crippen LogP contribution is 2.43. The van der Waals surface area contributed by atoms with Crippen LogP contribution >= 0.6 is 0 Å². The maximum absolute atomic E-state index is 12.4. The monoisotopic (exact) mass is 459 g/mol. The summed E-state index contributed by atoms with van der Waals surface area (Å²) in [4.78, 5) is 0. The van der Waals surface area contributed by atoms with Gasteiger partial charge in [-0.3, -0.25) is 4.31 Å². The Morgan fingerprint density at radius 1 is 1.09 bits per heavy atom. The molecule has 2 atom stereocenters. The van der Waals surface area contributed by atoms with E-state index in [0.717, 1.165) is 5.56 Å². The van der Waals surface area contributed by atoms with E-state index in [0.29, 0.717) is 23.4 Å². The van der Waals surface area contributed by atoms with Gasteiger partial charge < -0.3 is 14.9 Å². The van der Waals surface area contributed by atoms with E-state index in [1.807, 2.05) is 13.0 Å². The number of rotatable bonds is 5. The largest absolute Gasteiger partial charge is 0.507 e. The van der Waals surface area contributed by atoms with Gasteiger partial charge in [-0.1, -0.05) is 37.3 Å². The number of halogens is 1. The second-order valence-corrected chi connectivity index (χ2v) is 9.22. The number of hydrogen-bond donors (Lipinski definition) is 2. The Bertz CT molecular complexity index is 1140. The van der Waals surface area contributed by atoms with Crippen molar-refractivity contribution in [2.45, 2.75) is 25.5 Å². The molecule has 0 saturated carbocycles. The lowest BCUT2D eigenvalue weighted by Crippen LogP contribution is -2.50. The summed E-state index contributed by atoms with van der Waals surface area (Å²) in [6.07, 6.45) is 0.196. The van der Waals surface area contributed by atoms with Crippen LogP contribution in [0.25, 0.3) is 0 Å². The third-order valence-corrected chi connectivity index (χ3v) is 7.00. The molecule has 3 aromatic carbocycles. The van der Waals surface area contributed by atoms with Crippen molar-refractivity contribution in [3.8, 4) is 11.5 Å². The number of methoxy groups -OCH3 is 1. The number of aliphatic hydroxyl groups excluding tert-OH is 1. The summed E-state index contributed by atoms with van der Waals surface area (Å²) >= 11 is 0. The van der Waals surface area contributed by atoms with Crippen molar-refractivity contribution >= 4 is 15.7 Å². The van der Waals surface area contributed by atoms with Gasteiger partial charge in [0.1, 0.15) is 17.3 Å². The minimum Gasteiger partial charge on any atom is -0.507 e. The molecule has 2 N–H and O–H groups in total. The topological polar surface area (TPSA) is 87.1 Å². The molecule has 1 fully saturated rings. The number of phenols is 1. The predicted octanol–water partition coefficient (Wildman–Crippen LogP) is 4.56. The van der Waals surface area contributed by atoms with Gasteiger partial charge in [0.15, 0.2) is 0 Å². The third-order valence-electron chi connectivity index (χ3n) is 5.20. The molecule has 1 aliphatic rings. The summed E-state index contributed by atoms with van der Waals surface area (Å²) in [5, 5.41) is 19.4. The number of para-hydroxylation sites is 1. The van der Waals surface area contributed by atoms with Gasteiger partial charge in [-0.15, -0.1) is 0 Å². The van der Waals surface area contributed by atoms with Crippen LogP contribution in [0.3, 0.4) is 0 Å². The summed E-state index contributed by atoms with van der Waals surface area (Å²) in [6.45, 7) is 1.88. The number of ether oxygens (including phenoxy) is 1. The SMILES string of the molecule is CCC(O)c1ccc(F)cc1.COc1ccc(C2CS(=O)(=O)N2c2ccccc2)c(O)c1. The van der Waals surface area contributed by atoms with E-state index in [-0.39, 0.29) is 23.4 Å². The highest BCUT2D eigenvalue weighted by molar-refractivity contribution is 7.94. The molecule has 1 heterocycles. The highest BCUT2D eigenvalue weighted by Gasteiger charge is 2.45. The summed E-state index contributed by atoms with van der Waals surface area (Å²) < 4.78 is 42.9. The lowest BCUT2D eigenvalue weighted by molar-refractivity contribution is 0.173. The first-order valence-electron chi connectivity index (χ1n) is 10.1. The second-order valence-electron chi connectivity index (χ2n) is 7.33. The van der Waals surface area contributed by atoms with E-state index in [1.54, 1.807) is 48.5 Å². The van der Waals surface area contributed by atoms with Gasteiger partial charge in [-0.25, -0.2) is 12.8 Å². The number of anilines is 1. The molecule has 4 rings (SSSR count). The maximum Gasteiger partial charge on any atom is 0.238 e. The summed E-state index contributed by atoms with van der Waals surface area (Å²) in [5.74, 6) is 0.291. The minimum absolute atomic E-state index is 0.0121. The first-order valence-corrected chi connectivity index (χ1v) is 11.7. The predicted molar refractivity (Wildman–Crippen MR) is 122 cm³/mol. The summed E-state index contributed by atoms with van der Waals surface area (Å²) in [6, 6.07) is 19.3. The van der Waals surface area contributed by atoms with Crippen LogP contribution in [-0.2, 0) is 10.0 Å². The Balaban J connectivity index is 0.000000222. The Morgan fingerprint density at radius 3 is 2.28 bits per heavy atom. The van der Waals surface area contributed by atoms with Gasteiger partial charge in [0.2, 0.25) is 10.0 Å². The number of sulfonamides is 1. The zero-order valence-electron chi connectivity index (χ0n) is 17.8. The van der Waals surface area contributed by atoms with Gasteiger partial charge in [-0.2, -0.15) is 0 Å². The van der Waals surface area contributed by atoms with Crippen molar-refractivity contribution in [1.29, 1.82) is 0 Å². The molecule has 170 valence electrons. The lowest BCUT2D eigenvalue weighted by atomic mass is 10.1. The van der Waals surface area contributed by atoms with Crippen LogP contribution in [0.4, 0.5) is 10.1 Å². The first kappa shape index (κ1) is 23.6. The normalized spacial score (nSPS) is 17.5. The summed E-state index contributed by atoms with van der Waals surface area (Å²) in [7, 11) is -1.80. The minimum atomic E-state index is -3.31. The van der Waals surface area contributed by atoms with E-state index in [9.17, 15) is 23.0 Å². The Hall–Kier alpha value is -3.10. The number of phenolic OH excluding ortho intramolecular Hbond substituents is 1. The molecule has 8 heteroatoms. The van der Waals surface area contributed by atoms with Crippen molar-refractivity contribution in [3.63, 3.8) is 0 Å². The van der Waals surface area contributed by atoms with Crippen molar-refractivity contribution in [3.05, 3.63) is 89.7 Å². The molecule has 0 radical (unpaired) electrons. The van der Waals surface area contributed by atoms with Crippen LogP contribution in [0.5, 0.6) is 11.5 Å². The van der Waals surface area contributed by atoms with Crippen LogP contribution in [-0.4, -0.2) is 31.5 Å². The standard InChI is InChI=1S/C15H15NO4S.C9H11FO/c1-20-12-7-8-13(15(17)9-12)14-10-21(18,19)16(14)11-5-3-2-4-6-11;1-2-9(11)7-3-5-8(10)6-4-7/h2-9,14,17H,10H2,1H3;3-6,9,11H,2H2,1H3. The Morgan fingerprint density at radius 2 is 1.75 bits per heavy atom. The molecule has 0 spiro atoms. The highest BCUT2D eigenvalue weighted by atomic mass is 32.2. The Kier molecular flexibility index (Phi) is 7.37. The van der Waals surface area contributed by atoms with Crippen LogP contribution in [0.2, 0.25) is 0 Å². The molecule has 0 bridgehead atoms. The number of hydrogen-bond acceptors (Lipinski definition) is 5. The Labute approximate surface area is 187 Å². The molecule has 1 aliphatic heterocycles. The van der Waals surface area contributed by atoms with Gasteiger partial charge in [0.05, 0.1) is 30.7 Å². The average molecular weight is 460 g/mol. The average Bonchev–Trinajstić information content (AvgIpc) is 2.79. The molecule has 6 nitrogen and oxygen atoms in total. The molecule has 32 heavy (non-hydrogen) atoms. The molecule has 2 unspecified atom stereocenters. The molecular weight excluding hydrogens is 433 g/mol. The van der Waals surface area contributed by atoms with Crippen molar-refractivity contribution < 1.29 is 27.8 Å². The van der Waals surface area contributed by atoms with E-state index >= 15 is 0 Å². The van der Waals surface area contributed by atoms with Crippen LogP contribution in [0.1, 0.15) is 36.6 Å². The maximum atomic E-state index is 12.4. The van der Waals surface area contributed by atoms with Crippen LogP contribution < -0.4 is 9.04 Å². The molecule has 3 aromatic rings. The molecular formula is C24H26FNO5S. The van der Waals surface area contributed by atoms with Crippen LogP contribution in [0, 0.1) is 5.82 Å². The van der Waals surface area contributed by atoms with E-state index in [1.165, 1.54) is 29.6 Å². The quantitative estimate of drug-likeness (QED) is 0.584. The van der Waals surface area contributed by atoms with Gasteiger partial charge in [0.25, 0.3) is 0 Å². The van der Waals surface area contributed by atoms with Crippen molar-refractivity contribution in [2.75, 3.05) is 17.2 Å². The molecule has 0 amide bonds. The van der Waals surface area contributed by atoms with E-state index < -0.39 is 16.1 Å². The zero-order valence-corrected chi connectivity index (χ0v) is 18.7. The fraction of sp³-hybridized carbons (Fsp3) is 0.250. The second kappa shape index (κ2) is 10.0. The van der Waals surface area contributed by atoms with Gasteiger partial charge >= 0.3 is 0 Å². The van der Waals surface area contributed by atoms with E-state index in [2.05, 4.69) is 0 Å². The van der Waals surface area contributed by atoms with Gasteiger partial charge in [0, 0.05) is 11.6 Å². The zero-order chi connectivity index (χ0) is 23.3. The first-order chi connectivity index (χ1) is 15.3. The third kappa shape index (κ3) is 5.20. The number of nitrogens with zero attached hydrogens (tertiary/aromatic N) is 1. The smallest absolute Gasteiger partial charge is 0.238 e. The van der Waals surface area contributed by atoms with E-state index in [4.69, 9.17) is 4.74 Å². The van der Waals surface area contributed by atoms with Gasteiger partial charge in [-0.05, 0) is 48.4 Å². The number of aromatic hydroxyl groups is 1. The number of benzene rings is 3. The molecule has 1 saturated heterocycles. The van der Waals surface area contributed by atoms with Crippen molar-refractivity contribution in [1.82, 2.24) is 0 Å². The molecule has 0 aromatic heterocycles.